The lowest BCUT2D eigenvalue weighted by atomic mass is 9.99. The van der Waals surface area contributed by atoms with Crippen molar-refractivity contribution < 1.29 is 9.90 Å². The zero-order valence-corrected chi connectivity index (χ0v) is 12.6. The Balaban J connectivity index is 2.21. The molecule has 1 amide bonds. The van der Waals surface area contributed by atoms with Crippen LogP contribution in [0.25, 0.3) is 0 Å². The highest BCUT2D eigenvalue weighted by molar-refractivity contribution is 6.33. The van der Waals surface area contributed by atoms with Gasteiger partial charge in [-0.2, -0.15) is 0 Å². The van der Waals surface area contributed by atoms with Crippen LogP contribution in [0.4, 0.5) is 0 Å². The lowest BCUT2D eigenvalue weighted by Gasteiger charge is -2.31. The SMILES string of the molecule is CC(C)c1ncc(Cl)c(C(=O)N2CCCC(CO)C2)n1. The second-order valence-corrected chi connectivity index (χ2v) is 5.93. The average molecular weight is 298 g/mol. The van der Waals surface area contributed by atoms with Gasteiger partial charge in [-0.1, -0.05) is 25.4 Å². The summed E-state index contributed by atoms with van der Waals surface area (Å²) in [7, 11) is 0. The number of carbonyl (C=O) groups is 1. The summed E-state index contributed by atoms with van der Waals surface area (Å²) in [6.07, 6.45) is 3.34. The summed E-state index contributed by atoms with van der Waals surface area (Å²) in [5, 5.41) is 9.53. The molecule has 1 saturated heterocycles. The van der Waals surface area contributed by atoms with E-state index in [1.165, 1.54) is 6.20 Å². The zero-order chi connectivity index (χ0) is 14.7. The number of hydrogen-bond donors (Lipinski definition) is 1. The second-order valence-electron chi connectivity index (χ2n) is 5.52. The van der Waals surface area contributed by atoms with Crippen LogP contribution < -0.4 is 0 Å². The van der Waals surface area contributed by atoms with E-state index in [2.05, 4.69) is 9.97 Å². The molecule has 1 aliphatic rings. The predicted octanol–water partition coefficient (Wildman–Crippen LogP) is 2.10. The summed E-state index contributed by atoms with van der Waals surface area (Å²) in [5.41, 5.74) is 0.268. The van der Waals surface area contributed by atoms with Crippen molar-refractivity contribution in [3.05, 3.63) is 22.7 Å². The van der Waals surface area contributed by atoms with Gasteiger partial charge in [-0.3, -0.25) is 4.79 Å². The standard InChI is InChI=1S/C14H20ClN3O2/c1-9(2)13-16-6-11(15)12(17-13)14(20)18-5-3-4-10(7-18)8-19/h6,9-10,19H,3-5,7-8H2,1-2H3. The number of amides is 1. The van der Waals surface area contributed by atoms with Crippen molar-refractivity contribution in [1.82, 2.24) is 14.9 Å². The lowest BCUT2D eigenvalue weighted by molar-refractivity contribution is 0.0614. The topological polar surface area (TPSA) is 66.3 Å². The fourth-order valence-corrected chi connectivity index (χ4v) is 2.53. The van der Waals surface area contributed by atoms with E-state index in [4.69, 9.17) is 11.6 Å². The minimum Gasteiger partial charge on any atom is -0.396 e. The van der Waals surface area contributed by atoms with E-state index < -0.39 is 0 Å². The number of nitrogens with zero attached hydrogens (tertiary/aromatic N) is 3. The summed E-state index contributed by atoms with van der Waals surface area (Å²) in [5.74, 6) is 0.745. The number of rotatable bonds is 3. The molecule has 1 atom stereocenters. The van der Waals surface area contributed by atoms with E-state index in [-0.39, 0.29) is 35.1 Å². The fourth-order valence-electron chi connectivity index (χ4n) is 2.36. The van der Waals surface area contributed by atoms with Crippen LogP contribution in [0.2, 0.25) is 5.02 Å². The first-order valence-electron chi connectivity index (χ1n) is 6.95. The summed E-state index contributed by atoms with van der Waals surface area (Å²) in [6.45, 7) is 5.30. The molecule has 1 fully saturated rings. The molecule has 0 spiro atoms. The largest absolute Gasteiger partial charge is 0.396 e. The summed E-state index contributed by atoms with van der Waals surface area (Å²) >= 11 is 6.06. The molecular weight excluding hydrogens is 278 g/mol. The van der Waals surface area contributed by atoms with Crippen LogP contribution in [0.5, 0.6) is 0 Å². The van der Waals surface area contributed by atoms with Gasteiger partial charge < -0.3 is 10.0 Å². The number of aromatic nitrogens is 2. The molecule has 20 heavy (non-hydrogen) atoms. The van der Waals surface area contributed by atoms with Crippen molar-refractivity contribution >= 4 is 17.5 Å². The first kappa shape index (κ1) is 15.2. The summed E-state index contributed by atoms with van der Waals surface area (Å²) in [4.78, 5) is 22.7. The van der Waals surface area contributed by atoms with Crippen molar-refractivity contribution in [3.63, 3.8) is 0 Å². The lowest BCUT2D eigenvalue weighted by Crippen LogP contribution is -2.41. The Morgan fingerprint density at radius 3 is 3.00 bits per heavy atom. The van der Waals surface area contributed by atoms with Gasteiger partial charge in [0, 0.05) is 25.6 Å². The Kier molecular flexibility index (Phi) is 4.94. The maximum atomic E-state index is 12.5. The number of carbonyl (C=O) groups excluding carboxylic acids is 1. The van der Waals surface area contributed by atoms with Crippen LogP contribution in [0.3, 0.4) is 0 Å². The molecule has 1 aromatic heterocycles. The third kappa shape index (κ3) is 3.27. The van der Waals surface area contributed by atoms with Gasteiger partial charge in [0.25, 0.3) is 5.91 Å². The Labute approximate surface area is 124 Å². The monoisotopic (exact) mass is 297 g/mol. The van der Waals surface area contributed by atoms with Gasteiger partial charge in [0.2, 0.25) is 0 Å². The number of aliphatic hydroxyl groups is 1. The van der Waals surface area contributed by atoms with Gasteiger partial charge in [-0.15, -0.1) is 0 Å². The van der Waals surface area contributed by atoms with Gasteiger partial charge in [-0.05, 0) is 18.8 Å². The van der Waals surface area contributed by atoms with Crippen LogP contribution in [-0.4, -0.2) is 45.6 Å². The number of hydrogen-bond acceptors (Lipinski definition) is 4. The Morgan fingerprint density at radius 2 is 2.35 bits per heavy atom. The predicted molar refractivity (Wildman–Crippen MR) is 76.8 cm³/mol. The first-order chi connectivity index (χ1) is 9.52. The van der Waals surface area contributed by atoms with Crippen LogP contribution >= 0.6 is 11.6 Å². The van der Waals surface area contributed by atoms with Gasteiger partial charge in [0.15, 0.2) is 5.69 Å². The summed E-state index contributed by atoms with van der Waals surface area (Å²) in [6, 6.07) is 0. The molecule has 0 aromatic carbocycles. The summed E-state index contributed by atoms with van der Waals surface area (Å²) < 4.78 is 0. The van der Waals surface area contributed by atoms with E-state index in [0.717, 1.165) is 12.8 Å². The molecule has 2 rings (SSSR count). The van der Waals surface area contributed by atoms with Crippen molar-refractivity contribution in [2.24, 2.45) is 5.92 Å². The van der Waals surface area contributed by atoms with Crippen molar-refractivity contribution in [2.45, 2.75) is 32.6 Å². The van der Waals surface area contributed by atoms with E-state index in [9.17, 15) is 9.90 Å². The molecular formula is C14H20ClN3O2. The highest BCUT2D eigenvalue weighted by Gasteiger charge is 2.26. The van der Waals surface area contributed by atoms with Crippen molar-refractivity contribution in [3.8, 4) is 0 Å². The highest BCUT2D eigenvalue weighted by Crippen LogP contribution is 2.22. The number of likely N-dealkylation sites (tertiary alicyclic amines) is 1. The van der Waals surface area contributed by atoms with E-state index in [1.807, 2.05) is 13.8 Å². The second kappa shape index (κ2) is 6.50. The zero-order valence-electron chi connectivity index (χ0n) is 11.8. The average Bonchev–Trinajstić information content (AvgIpc) is 2.46. The third-order valence-electron chi connectivity index (χ3n) is 3.55. The molecule has 0 aliphatic carbocycles. The minimum absolute atomic E-state index is 0.110. The Morgan fingerprint density at radius 1 is 1.60 bits per heavy atom. The fraction of sp³-hybridized carbons (Fsp3) is 0.643. The highest BCUT2D eigenvalue weighted by atomic mass is 35.5. The van der Waals surface area contributed by atoms with Crippen molar-refractivity contribution in [1.29, 1.82) is 0 Å². The van der Waals surface area contributed by atoms with Crippen LogP contribution in [0.1, 0.15) is 48.9 Å². The van der Waals surface area contributed by atoms with E-state index in [0.29, 0.717) is 18.9 Å². The Bertz CT molecular complexity index is 493. The maximum Gasteiger partial charge on any atom is 0.274 e. The van der Waals surface area contributed by atoms with Crippen LogP contribution in [0.15, 0.2) is 6.20 Å². The minimum atomic E-state index is -0.169. The molecule has 0 radical (unpaired) electrons. The maximum absolute atomic E-state index is 12.5. The molecule has 0 saturated carbocycles. The third-order valence-corrected chi connectivity index (χ3v) is 3.82. The van der Waals surface area contributed by atoms with Crippen LogP contribution in [0, 0.1) is 5.92 Å². The molecule has 1 aromatic rings. The molecule has 5 nitrogen and oxygen atoms in total. The molecule has 1 aliphatic heterocycles. The molecule has 110 valence electrons. The number of piperidine rings is 1. The number of halogens is 1. The van der Waals surface area contributed by atoms with Crippen LogP contribution in [-0.2, 0) is 0 Å². The van der Waals surface area contributed by atoms with Gasteiger partial charge in [0.1, 0.15) is 5.82 Å². The Hall–Kier alpha value is -1.20. The molecule has 6 heteroatoms. The quantitative estimate of drug-likeness (QED) is 0.928. The van der Waals surface area contributed by atoms with E-state index in [1.54, 1.807) is 4.90 Å². The number of aliphatic hydroxyl groups excluding tert-OH is 1. The molecule has 2 heterocycles. The van der Waals surface area contributed by atoms with Crippen molar-refractivity contribution in [2.75, 3.05) is 19.7 Å². The first-order valence-corrected chi connectivity index (χ1v) is 7.33. The molecule has 1 N–H and O–H groups in total. The van der Waals surface area contributed by atoms with E-state index >= 15 is 0 Å². The van der Waals surface area contributed by atoms with Gasteiger partial charge in [-0.25, -0.2) is 9.97 Å². The molecule has 0 bridgehead atoms. The van der Waals surface area contributed by atoms with Gasteiger partial charge in [0.05, 0.1) is 11.2 Å². The van der Waals surface area contributed by atoms with Gasteiger partial charge >= 0.3 is 0 Å². The molecule has 1 unspecified atom stereocenters. The normalized spacial score (nSPS) is 19.4. The smallest absolute Gasteiger partial charge is 0.274 e.